The number of nitrogens with zero attached hydrogens (tertiary/aromatic N) is 1. The van der Waals surface area contributed by atoms with E-state index in [0.29, 0.717) is 0 Å². The van der Waals surface area contributed by atoms with Crippen molar-refractivity contribution in [1.82, 2.24) is 0 Å². The predicted molar refractivity (Wildman–Crippen MR) is 50.7 cm³/mol. The molecule has 1 aliphatic rings. The lowest BCUT2D eigenvalue weighted by Gasteiger charge is -2.30. The summed E-state index contributed by atoms with van der Waals surface area (Å²) in [5, 5.41) is 0. The maximum Gasteiger partial charge on any atom is 0.102 e. The van der Waals surface area contributed by atoms with Gasteiger partial charge in [0.25, 0.3) is 0 Å². The van der Waals surface area contributed by atoms with Gasteiger partial charge in [-0.1, -0.05) is 6.08 Å². The van der Waals surface area contributed by atoms with E-state index in [2.05, 4.69) is 31.5 Å². The van der Waals surface area contributed by atoms with Crippen LogP contribution in [0.15, 0.2) is 24.4 Å². The molecule has 0 fully saturated rings. The molecular weight excluding hydrogens is 150 g/mol. The Balaban J connectivity index is 2.29. The van der Waals surface area contributed by atoms with Gasteiger partial charge in [-0.25, -0.2) is 0 Å². The van der Waals surface area contributed by atoms with Crippen molar-refractivity contribution in [3.8, 4) is 0 Å². The number of ether oxygens (including phenoxy) is 1. The monoisotopic (exact) mass is 168 g/mol. The Hall–Kier alpha value is -0.600. The van der Waals surface area contributed by atoms with Gasteiger partial charge in [0.15, 0.2) is 0 Å². The maximum absolute atomic E-state index is 5.03. The Morgan fingerprint density at radius 2 is 2.25 bits per heavy atom. The zero-order valence-electron chi connectivity index (χ0n) is 7.99. The standard InChI is InChI=1S/C10H18NO/c1-11(9-6-10-12-2)7-4-3-5-8-11/h3-5,7H,6,8-10H2,1-2H3/q+1. The molecule has 68 valence electrons. The molecule has 0 N–H and O–H groups in total. The van der Waals surface area contributed by atoms with E-state index in [4.69, 9.17) is 4.74 Å². The molecule has 0 bridgehead atoms. The molecule has 0 saturated heterocycles. The highest BCUT2D eigenvalue weighted by atomic mass is 16.5. The molecule has 2 heteroatoms. The van der Waals surface area contributed by atoms with E-state index in [9.17, 15) is 0 Å². The second kappa shape index (κ2) is 4.43. The minimum Gasteiger partial charge on any atom is -0.384 e. The molecule has 0 saturated carbocycles. The van der Waals surface area contributed by atoms with Crippen molar-refractivity contribution in [2.45, 2.75) is 6.42 Å². The zero-order valence-corrected chi connectivity index (χ0v) is 7.99. The maximum atomic E-state index is 5.03. The number of allylic oxidation sites excluding steroid dienone is 2. The van der Waals surface area contributed by atoms with Crippen molar-refractivity contribution in [2.24, 2.45) is 0 Å². The fraction of sp³-hybridized carbons (Fsp3) is 0.600. The summed E-state index contributed by atoms with van der Waals surface area (Å²) in [5.41, 5.74) is 0. The average Bonchev–Trinajstić information content (AvgIpc) is 2.06. The third-order valence-electron chi connectivity index (χ3n) is 2.23. The normalized spacial score (nSPS) is 27.8. The minimum atomic E-state index is 0.866. The van der Waals surface area contributed by atoms with Crippen molar-refractivity contribution in [3.05, 3.63) is 24.4 Å². The van der Waals surface area contributed by atoms with Crippen LogP contribution >= 0.6 is 0 Å². The highest BCUT2D eigenvalue weighted by Gasteiger charge is 2.17. The summed E-state index contributed by atoms with van der Waals surface area (Å²) in [5.74, 6) is 0. The zero-order chi connectivity index (χ0) is 8.86. The number of hydrogen-bond acceptors (Lipinski definition) is 1. The smallest absolute Gasteiger partial charge is 0.102 e. The van der Waals surface area contributed by atoms with Crippen molar-refractivity contribution in [3.63, 3.8) is 0 Å². The lowest BCUT2D eigenvalue weighted by atomic mass is 10.2. The van der Waals surface area contributed by atoms with Gasteiger partial charge in [0, 0.05) is 13.5 Å². The van der Waals surface area contributed by atoms with Crippen molar-refractivity contribution < 1.29 is 9.22 Å². The molecule has 0 aromatic rings. The molecule has 1 aliphatic heterocycles. The summed E-state index contributed by atoms with van der Waals surface area (Å²) in [6.45, 7) is 3.14. The third-order valence-corrected chi connectivity index (χ3v) is 2.23. The number of rotatable bonds is 4. The topological polar surface area (TPSA) is 9.23 Å². The molecule has 1 unspecified atom stereocenters. The van der Waals surface area contributed by atoms with Crippen LogP contribution in [0.2, 0.25) is 0 Å². The number of likely N-dealkylation sites (N-methyl/N-ethyl adjacent to an activating group) is 1. The molecule has 2 nitrogen and oxygen atoms in total. The summed E-state index contributed by atoms with van der Waals surface area (Å²) in [6, 6.07) is 0. The van der Waals surface area contributed by atoms with E-state index < -0.39 is 0 Å². The van der Waals surface area contributed by atoms with Crippen LogP contribution in [0.3, 0.4) is 0 Å². The summed E-state index contributed by atoms with van der Waals surface area (Å²) >= 11 is 0. The van der Waals surface area contributed by atoms with E-state index in [1.54, 1.807) is 7.11 Å². The average molecular weight is 168 g/mol. The van der Waals surface area contributed by atoms with Crippen LogP contribution in [0, 0.1) is 0 Å². The molecule has 1 atom stereocenters. The van der Waals surface area contributed by atoms with Crippen LogP contribution in [0.25, 0.3) is 0 Å². The fourth-order valence-corrected chi connectivity index (χ4v) is 1.43. The van der Waals surface area contributed by atoms with Gasteiger partial charge in [0.2, 0.25) is 0 Å². The summed E-state index contributed by atoms with van der Waals surface area (Å²) in [6.07, 6.45) is 9.82. The second-order valence-electron chi connectivity index (χ2n) is 3.50. The Bertz CT molecular complexity index is 186. The highest BCUT2D eigenvalue weighted by Crippen LogP contribution is 2.09. The van der Waals surface area contributed by atoms with Gasteiger partial charge in [-0.3, -0.25) is 4.48 Å². The Morgan fingerprint density at radius 3 is 2.83 bits per heavy atom. The molecular formula is C10H18NO+. The SMILES string of the molecule is COCCC[N+]1(C)C=CC=CC1. The van der Waals surface area contributed by atoms with Gasteiger partial charge >= 0.3 is 0 Å². The number of methoxy groups -OCH3 is 1. The molecule has 0 aromatic heterocycles. The van der Waals surface area contributed by atoms with Crippen LogP contribution in [-0.4, -0.2) is 38.3 Å². The van der Waals surface area contributed by atoms with Crippen LogP contribution in [-0.2, 0) is 4.74 Å². The molecule has 1 heterocycles. The molecule has 0 aliphatic carbocycles. The predicted octanol–water partition coefficient (Wildman–Crippen LogP) is 1.55. The van der Waals surface area contributed by atoms with E-state index in [-0.39, 0.29) is 0 Å². The third kappa shape index (κ3) is 2.80. The molecule has 0 aromatic carbocycles. The van der Waals surface area contributed by atoms with E-state index >= 15 is 0 Å². The molecule has 12 heavy (non-hydrogen) atoms. The number of hydrogen-bond donors (Lipinski definition) is 0. The second-order valence-corrected chi connectivity index (χ2v) is 3.50. The largest absolute Gasteiger partial charge is 0.384 e. The first-order chi connectivity index (χ1) is 5.77. The summed E-state index contributed by atoms with van der Waals surface area (Å²) in [4.78, 5) is 0. The molecule has 1 rings (SSSR count). The highest BCUT2D eigenvalue weighted by molar-refractivity contribution is 5.03. The van der Waals surface area contributed by atoms with Crippen LogP contribution < -0.4 is 0 Å². The van der Waals surface area contributed by atoms with Gasteiger partial charge in [-0.2, -0.15) is 0 Å². The van der Waals surface area contributed by atoms with Crippen LogP contribution in [0.4, 0.5) is 0 Å². The van der Waals surface area contributed by atoms with E-state index in [0.717, 1.165) is 30.6 Å². The van der Waals surface area contributed by atoms with Crippen LogP contribution in [0.1, 0.15) is 6.42 Å². The van der Waals surface area contributed by atoms with E-state index in [1.165, 1.54) is 0 Å². The summed E-state index contributed by atoms with van der Waals surface area (Å²) < 4.78 is 6.04. The Kier molecular flexibility index (Phi) is 3.50. The van der Waals surface area contributed by atoms with Crippen LogP contribution in [0.5, 0.6) is 0 Å². The van der Waals surface area contributed by atoms with Gasteiger partial charge in [-0.15, -0.1) is 0 Å². The Morgan fingerprint density at radius 1 is 1.42 bits per heavy atom. The van der Waals surface area contributed by atoms with Crippen molar-refractivity contribution in [1.29, 1.82) is 0 Å². The molecule has 0 spiro atoms. The lowest BCUT2D eigenvalue weighted by Crippen LogP contribution is -2.40. The van der Waals surface area contributed by atoms with Gasteiger partial charge in [0.1, 0.15) is 6.54 Å². The van der Waals surface area contributed by atoms with E-state index in [1.807, 2.05) is 0 Å². The first-order valence-electron chi connectivity index (χ1n) is 4.44. The van der Waals surface area contributed by atoms with Gasteiger partial charge in [0.05, 0.1) is 26.4 Å². The first kappa shape index (κ1) is 9.49. The first-order valence-corrected chi connectivity index (χ1v) is 4.44. The molecule has 0 amide bonds. The Labute approximate surface area is 74.7 Å². The number of quaternary nitrogens is 1. The van der Waals surface area contributed by atoms with Gasteiger partial charge in [-0.05, 0) is 12.2 Å². The van der Waals surface area contributed by atoms with Crippen molar-refractivity contribution in [2.75, 3.05) is 33.9 Å². The fourth-order valence-electron chi connectivity index (χ4n) is 1.43. The lowest BCUT2D eigenvalue weighted by molar-refractivity contribution is -0.854. The quantitative estimate of drug-likeness (QED) is 0.457. The summed E-state index contributed by atoms with van der Waals surface area (Å²) in [7, 11) is 4.00. The minimum absolute atomic E-state index is 0.866. The molecule has 0 radical (unpaired) electrons. The van der Waals surface area contributed by atoms with Crippen molar-refractivity contribution >= 4 is 0 Å². The van der Waals surface area contributed by atoms with Gasteiger partial charge < -0.3 is 4.74 Å².